The first kappa shape index (κ1) is 20.0. The van der Waals surface area contributed by atoms with Crippen molar-refractivity contribution in [1.82, 2.24) is 20.9 Å². The number of aliphatic imine (C=N–C) groups is 1. The summed E-state index contributed by atoms with van der Waals surface area (Å²) in [5.41, 5.74) is 0. The highest BCUT2D eigenvalue weighted by Crippen LogP contribution is 2.27. The van der Waals surface area contributed by atoms with Gasteiger partial charge in [0.15, 0.2) is 5.96 Å². The highest BCUT2D eigenvalue weighted by Gasteiger charge is 2.17. The lowest BCUT2D eigenvalue weighted by Gasteiger charge is -2.25. The molecule has 0 radical (unpaired) electrons. The minimum absolute atomic E-state index is 0.195. The van der Waals surface area contributed by atoms with Crippen LogP contribution in [0.2, 0.25) is 0 Å². The number of hydrogen-bond acceptors (Lipinski definition) is 3. The first-order valence-corrected chi connectivity index (χ1v) is 10.3. The third kappa shape index (κ3) is 8.56. The second kappa shape index (κ2) is 12.1. The van der Waals surface area contributed by atoms with Gasteiger partial charge < -0.3 is 20.9 Å². The van der Waals surface area contributed by atoms with Gasteiger partial charge in [-0.3, -0.25) is 9.79 Å². The Morgan fingerprint density at radius 2 is 1.72 bits per heavy atom. The van der Waals surface area contributed by atoms with Crippen molar-refractivity contribution in [3.05, 3.63) is 0 Å². The number of nitrogens with one attached hydrogen (secondary N) is 3. The van der Waals surface area contributed by atoms with Gasteiger partial charge in [0, 0.05) is 32.6 Å². The van der Waals surface area contributed by atoms with Crippen molar-refractivity contribution in [2.45, 2.75) is 58.3 Å². The standard InChI is InChI=1S/C19H37N5O/c1-2-20-19(23-12-15-24-13-6-3-7-14-24)22-11-10-21-18(25)16-17-8-4-5-9-17/h17H,2-16H2,1H3,(H,21,25)(H2,20,22,23). The SMILES string of the molecule is CCNC(=NCCN1CCCCC1)NCCNC(=O)CC1CCCC1. The molecule has 2 rings (SSSR count). The Kier molecular flexibility index (Phi) is 9.70. The van der Waals surface area contributed by atoms with Crippen LogP contribution in [-0.4, -0.2) is 62.6 Å². The molecule has 144 valence electrons. The molecule has 1 aliphatic carbocycles. The Morgan fingerprint density at radius 3 is 2.44 bits per heavy atom. The van der Waals surface area contributed by atoms with E-state index in [9.17, 15) is 4.79 Å². The molecule has 0 bridgehead atoms. The molecule has 6 nitrogen and oxygen atoms in total. The summed E-state index contributed by atoms with van der Waals surface area (Å²) in [7, 11) is 0. The van der Waals surface area contributed by atoms with Crippen LogP contribution in [0.4, 0.5) is 0 Å². The first-order chi connectivity index (χ1) is 12.3. The Hall–Kier alpha value is -1.30. The van der Waals surface area contributed by atoms with E-state index in [0.717, 1.165) is 25.6 Å². The summed E-state index contributed by atoms with van der Waals surface area (Å²) in [5.74, 6) is 1.66. The maximum Gasteiger partial charge on any atom is 0.220 e. The van der Waals surface area contributed by atoms with E-state index in [0.29, 0.717) is 25.4 Å². The van der Waals surface area contributed by atoms with Crippen LogP contribution in [0.1, 0.15) is 58.3 Å². The van der Waals surface area contributed by atoms with Gasteiger partial charge in [0.25, 0.3) is 0 Å². The van der Waals surface area contributed by atoms with E-state index >= 15 is 0 Å². The highest BCUT2D eigenvalue weighted by molar-refractivity contribution is 5.80. The maximum absolute atomic E-state index is 11.9. The van der Waals surface area contributed by atoms with Gasteiger partial charge >= 0.3 is 0 Å². The topological polar surface area (TPSA) is 68.8 Å². The lowest BCUT2D eigenvalue weighted by molar-refractivity contribution is -0.121. The minimum Gasteiger partial charge on any atom is -0.357 e. The number of amides is 1. The fourth-order valence-corrected chi connectivity index (χ4v) is 3.76. The van der Waals surface area contributed by atoms with Gasteiger partial charge in [0.05, 0.1) is 6.54 Å². The number of hydrogen-bond donors (Lipinski definition) is 3. The van der Waals surface area contributed by atoms with Crippen LogP contribution < -0.4 is 16.0 Å². The van der Waals surface area contributed by atoms with E-state index < -0.39 is 0 Å². The Morgan fingerprint density at radius 1 is 1.00 bits per heavy atom. The molecule has 1 saturated carbocycles. The third-order valence-electron chi connectivity index (χ3n) is 5.17. The molecule has 1 amide bonds. The predicted molar refractivity (Wildman–Crippen MR) is 104 cm³/mol. The van der Waals surface area contributed by atoms with E-state index in [2.05, 4.69) is 32.8 Å². The zero-order chi connectivity index (χ0) is 17.7. The summed E-state index contributed by atoms with van der Waals surface area (Å²) < 4.78 is 0. The van der Waals surface area contributed by atoms with E-state index in [1.54, 1.807) is 0 Å². The molecule has 1 saturated heterocycles. The van der Waals surface area contributed by atoms with Gasteiger partial charge in [0.2, 0.25) is 5.91 Å². The van der Waals surface area contributed by atoms with Gasteiger partial charge in [-0.1, -0.05) is 19.3 Å². The molecule has 3 N–H and O–H groups in total. The van der Waals surface area contributed by atoms with Crippen molar-refractivity contribution in [2.75, 3.05) is 45.8 Å². The van der Waals surface area contributed by atoms with Crippen molar-refractivity contribution in [3.8, 4) is 0 Å². The number of carbonyl (C=O) groups is 1. The van der Waals surface area contributed by atoms with Crippen LogP contribution in [0.5, 0.6) is 0 Å². The maximum atomic E-state index is 11.9. The molecule has 6 heteroatoms. The summed E-state index contributed by atoms with van der Waals surface area (Å²) in [5, 5.41) is 9.61. The van der Waals surface area contributed by atoms with Gasteiger partial charge in [-0.05, 0) is 51.6 Å². The second-order valence-electron chi connectivity index (χ2n) is 7.29. The molecule has 2 fully saturated rings. The van der Waals surface area contributed by atoms with Crippen LogP contribution >= 0.6 is 0 Å². The molecule has 0 aromatic heterocycles. The van der Waals surface area contributed by atoms with Crippen LogP contribution in [0.25, 0.3) is 0 Å². The normalized spacial score (nSPS) is 19.8. The van der Waals surface area contributed by atoms with E-state index in [1.165, 1.54) is 58.0 Å². The number of nitrogens with zero attached hydrogens (tertiary/aromatic N) is 2. The molecular weight excluding hydrogens is 314 g/mol. The minimum atomic E-state index is 0.195. The molecule has 1 aliphatic heterocycles. The molecule has 25 heavy (non-hydrogen) atoms. The average molecular weight is 352 g/mol. The highest BCUT2D eigenvalue weighted by atomic mass is 16.1. The number of likely N-dealkylation sites (tertiary alicyclic amines) is 1. The molecule has 0 atom stereocenters. The van der Waals surface area contributed by atoms with Gasteiger partial charge in [0.1, 0.15) is 0 Å². The van der Waals surface area contributed by atoms with Crippen LogP contribution in [-0.2, 0) is 4.79 Å². The number of piperidine rings is 1. The average Bonchev–Trinajstić information content (AvgIpc) is 3.12. The predicted octanol–water partition coefficient (Wildman–Crippen LogP) is 1.72. The number of carbonyl (C=O) groups excluding carboxylic acids is 1. The first-order valence-electron chi connectivity index (χ1n) is 10.3. The Labute approximate surface area is 153 Å². The summed E-state index contributed by atoms with van der Waals surface area (Å²) in [6.45, 7) is 8.58. The molecule has 1 heterocycles. The van der Waals surface area contributed by atoms with Crippen molar-refractivity contribution in [2.24, 2.45) is 10.9 Å². The van der Waals surface area contributed by atoms with Gasteiger partial charge in [-0.2, -0.15) is 0 Å². The largest absolute Gasteiger partial charge is 0.357 e. The van der Waals surface area contributed by atoms with E-state index in [4.69, 9.17) is 0 Å². The summed E-state index contributed by atoms with van der Waals surface area (Å²) in [6, 6.07) is 0. The van der Waals surface area contributed by atoms with Crippen LogP contribution in [0.15, 0.2) is 4.99 Å². The summed E-state index contributed by atoms with van der Waals surface area (Å²) >= 11 is 0. The van der Waals surface area contributed by atoms with Crippen molar-refractivity contribution >= 4 is 11.9 Å². The van der Waals surface area contributed by atoms with Crippen molar-refractivity contribution in [1.29, 1.82) is 0 Å². The summed E-state index contributed by atoms with van der Waals surface area (Å²) in [4.78, 5) is 19.1. The smallest absolute Gasteiger partial charge is 0.220 e. The molecule has 0 unspecified atom stereocenters. The fraction of sp³-hybridized carbons (Fsp3) is 0.895. The monoisotopic (exact) mass is 351 g/mol. The second-order valence-corrected chi connectivity index (χ2v) is 7.29. The molecule has 0 spiro atoms. The lowest BCUT2D eigenvalue weighted by Crippen LogP contribution is -2.42. The van der Waals surface area contributed by atoms with E-state index in [-0.39, 0.29) is 5.91 Å². The zero-order valence-corrected chi connectivity index (χ0v) is 16.0. The molecular formula is C19H37N5O. The van der Waals surface area contributed by atoms with Gasteiger partial charge in [-0.15, -0.1) is 0 Å². The number of guanidine groups is 1. The molecule has 0 aromatic rings. The van der Waals surface area contributed by atoms with Crippen molar-refractivity contribution in [3.63, 3.8) is 0 Å². The quantitative estimate of drug-likeness (QED) is 0.336. The number of rotatable bonds is 9. The fourth-order valence-electron chi connectivity index (χ4n) is 3.76. The third-order valence-corrected chi connectivity index (χ3v) is 5.17. The summed E-state index contributed by atoms with van der Waals surface area (Å²) in [6.07, 6.45) is 9.74. The van der Waals surface area contributed by atoms with E-state index in [1.807, 2.05) is 0 Å². The molecule has 2 aliphatic rings. The molecule has 0 aromatic carbocycles. The van der Waals surface area contributed by atoms with Crippen LogP contribution in [0.3, 0.4) is 0 Å². The lowest BCUT2D eigenvalue weighted by atomic mass is 10.0. The Bertz CT molecular complexity index is 401. The van der Waals surface area contributed by atoms with Gasteiger partial charge in [-0.25, -0.2) is 0 Å². The zero-order valence-electron chi connectivity index (χ0n) is 16.0. The Balaban J connectivity index is 1.57. The van der Waals surface area contributed by atoms with Crippen molar-refractivity contribution < 1.29 is 4.79 Å². The van der Waals surface area contributed by atoms with Crippen LogP contribution in [0, 0.1) is 5.92 Å².